The predicted octanol–water partition coefficient (Wildman–Crippen LogP) is 0.481. The van der Waals surface area contributed by atoms with E-state index >= 15 is 0 Å². The molecule has 13 heteroatoms. The number of aliphatic hydroxyl groups excluding tert-OH is 1. The molecule has 0 saturated heterocycles. The van der Waals surface area contributed by atoms with Gasteiger partial charge in [-0.2, -0.15) is 0 Å². The number of amides is 2. The van der Waals surface area contributed by atoms with Gasteiger partial charge in [0.05, 0.1) is 16.1 Å². The van der Waals surface area contributed by atoms with Crippen LogP contribution in [0.15, 0.2) is 30.9 Å². The summed E-state index contributed by atoms with van der Waals surface area (Å²) in [6, 6.07) is 0. The molecule has 170 valence electrons. The van der Waals surface area contributed by atoms with E-state index in [1.807, 2.05) is 0 Å². The van der Waals surface area contributed by atoms with Crippen molar-refractivity contribution in [3.63, 3.8) is 0 Å². The molecule has 1 aliphatic carbocycles. The molecule has 0 aromatic heterocycles. The van der Waals surface area contributed by atoms with Crippen LogP contribution in [0, 0.1) is 0 Å². The van der Waals surface area contributed by atoms with E-state index in [9.17, 15) is 14.7 Å². The number of hydrogen-bond donors (Lipinski definition) is 4. The number of allylic oxidation sites excluding steroid dienone is 1. The maximum atomic E-state index is 12.5. The van der Waals surface area contributed by atoms with Gasteiger partial charge in [0.15, 0.2) is 11.6 Å². The van der Waals surface area contributed by atoms with Crippen LogP contribution in [0.25, 0.3) is 0 Å². The van der Waals surface area contributed by atoms with Gasteiger partial charge in [-0.15, -0.1) is 0 Å². The molecule has 0 aromatic rings. The van der Waals surface area contributed by atoms with Gasteiger partial charge >= 0.3 is 0 Å². The van der Waals surface area contributed by atoms with Crippen LogP contribution in [0.4, 0.5) is 0 Å². The SMILES string of the molecule is CCOC1(CCCNC(=O)C2=NO[C@@]3(C=C(Br)C(OC)=C(Br)[C@H]3O)C2)N=C(N)NC1=O. The van der Waals surface area contributed by atoms with E-state index in [0.29, 0.717) is 21.1 Å². The van der Waals surface area contributed by atoms with E-state index < -0.39 is 29.2 Å². The molecular weight excluding hydrogens is 542 g/mol. The van der Waals surface area contributed by atoms with Crippen LogP contribution in [-0.2, 0) is 23.9 Å². The molecule has 5 N–H and O–H groups in total. The van der Waals surface area contributed by atoms with E-state index in [1.54, 1.807) is 13.0 Å². The Kier molecular flexibility index (Phi) is 7.08. The molecule has 0 aromatic carbocycles. The smallest absolute Gasteiger partial charge is 0.282 e. The third kappa shape index (κ3) is 4.49. The molecule has 11 nitrogen and oxygen atoms in total. The highest BCUT2D eigenvalue weighted by Gasteiger charge is 2.50. The molecule has 3 aliphatic rings. The van der Waals surface area contributed by atoms with Crippen LogP contribution < -0.4 is 16.4 Å². The Balaban J connectivity index is 1.55. The van der Waals surface area contributed by atoms with Crippen molar-refractivity contribution in [3.05, 3.63) is 20.8 Å². The van der Waals surface area contributed by atoms with Crippen molar-refractivity contribution in [1.82, 2.24) is 10.6 Å². The van der Waals surface area contributed by atoms with Crippen LogP contribution in [0.3, 0.4) is 0 Å². The first-order valence-corrected chi connectivity index (χ1v) is 11.1. The van der Waals surface area contributed by atoms with Gasteiger partial charge < -0.3 is 30.5 Å². The summed E-state index contributed by atoms with van der Waals surface area (Å²) in [4.78, 5) is 34.2. The summed E-state index contributed by atoms with van der Waals surface area (Å²) in [5, 5.41) is 19.7. The number of aliphatic imine (C=N–C) groups is 1. The number of oxime groups is 1. The minimum Gasteiger partial charge on any atom is -0.495 e. The molecule has 1 spiro atoms. The van der Waals surface area contributed by atoms with E-state index in [4.69, 9.17) is 20.0 Å². The van der Waals surface area contributed by atoms with Gasteiger partial charge in [0.2, 0.25) is 5.72 Å². The molecule has 3 atom stereocenters. The maximum Gasteiger partial charge on any atom is 0.282 e. The number of halogens is 2. The van der Waals surface area contributed by atoms with Crippen molar-refractivity contribution in [2.24, 2.45) is 15.9 Å². The molecular formula is C18H23Br2N5O6. The van der Waals surface area contributed by atoms with Crippen LogP contribution >= 0.6 is 31.9 Å². The molecule has 3 rings (SSSR count). The second-order valence-electron chi connectivity index (χ2n) is 7.07. The first kappa shape index (κ1) is 23.7. The quantitative estimate of drug-likeness (QED) is 0.312. The number of carbonyl (C=O) groups excluding carboxylic acids is 2. The number of guanidine groups is 1. The lowest BCUT2D eigenvalue weighted by Crippen LogP contribution is -2.45. The minimum atomic E-state index is -1.37. The maximum absolute atomic E-state index is 12.5. The lowest BCUT2D eigenvalue weighted by atomic mass is 9.87. The summed E-state index contributed by atoms with van der Waals surface area (Å²) in [7, 11) is 1.48. The van der Waals surface area contributed by atoms with Crippen molar-refractivity contribution in [3.8, 4) is 0 Å². The Morgan fingerprint density at radius 2 is 2.26 bits per heavy atom. The zero-order chi connectivity index (χ0) is 22.8. The third-order valence-electron chi connectivity index (χ3n) is 5.00. The van der Waals surface area contributed by atoms with Gasteiger partial charge in [-0.1, -0.05) is 5.16 Å². The van der Waals surface area contributed by atoms with Crippen molar-refractivity contribution >= 4 is 55.3 Å². The molecule has 0 radical (unpaired) electrons. The molecule has 0 saturated carbocycles. The molecule has 0 fully saturated rings. The lowest BCUT2D eigenvalue weighted by molar-refractivity contribution is -0.143. The number of nitrogens with two attached hydrogens (primary N) is 1. The minimum absolute atomic E-state index is 0.00680. The lowest BCUT2D eigenvalue weighted by Gasteiger charge is -2.33. The monoisotopic (exact) mass is 563 g/mol. The van der Waals surface area contributed by atoms with Gasteiger partial charge in [0.25, 0.3) is 11.8 Å². The van der Waals surface area contributed by atoms with E-state index in [-0.39, 0.29) is 37.7 Å². The average molecular weight is 565 g/mol. The van der Waals surface area contributed by atoms with E-state index in [1.165, 1.54) is 7.11 Å². The second kappa shape index (κ2) is 9.27. The van der Waals surface area contributed by atoms with Gasteiger partial charge in [-0.25, -0.2) is 4.99 Å². The Bertz CT molecular complexity index is 904. The van der Waals surface area contributed by atoms with Crippen LogP contribution in [0.2, 0.25) is 0 Å². The summed E-state index contributed by atoms with van der Waals surface area (Å²) in [6.07, 6.45) is 1.24. The van der Waals surface area contributed by atoms with Crippen molar-refractivity contribution in [1.29, 1.82) is 0 Å². The molecule has 2 heterocycles. The second-order valence-corrected chi connectivity index (χ2v) is 8.77. The van der Waals surface area contributed by atoms with Gasteiger partial charge in [-0.05, 0) is 51.3 Å². The van der Waals surface area contributed by atoms with Gasteiger partial charge in [0.1, 0.15) is 17.6 Å². The standard InChI is InChI=1S/C18H23Br2N5O6/c1-3-30-18(15(28)23-16(21)24-18)5-4-6-22-14(27)10-8-17(31-25-10)7-9(19)12(29-2)11(20)13(17)26/h7,13,26H,3-6,8H2,1-2H3,(H,22,27)(H3,21,23,24,28)/t13-,17+,18?/m1/s1. The molecule has 1 unspecified atom stereocenters. The number of nitrogens with one attached hydrogen (secondary N) is 2. The van der Waals surface area contributed by atoms with Crippen LogP contribution in [-0.4, -0.2) is 66.3 Å². The highest BCUT2D eigenvalue weighted by atomic mass is 79.9. The van der Waals surface area contributed by atoms with Crippen molar-refractivity contribution in [2.45, 2.75) is 43.6 Å². The van der Waals surface area contributed by atoms with Crippen LogP contribution in [0.5, 0.6) is 0 Å². The topological polar surface area (TPSA) is 157 Å². The normalized spacial score (nSPS) is 29.9. The zero-order valence-corrected chi connectivity index (χ0v) is 20.1. The number of hydrogen-bond acceptors (Lipinski definition) is 9. The number of nitrogens with zero attached hydrogens (tertiary/aromatic N) is 2. The molecule has 31 heavy (non-hydrogen) atoms. The fourth-order valence-electron chi connectivity index (χ4n) is 3.52. The fourth-order valence-corrected chi connectivity index (χ4v) is 5.31. The third-order valence-corrected chi connectivity index (χ3v) is 6.38. The first-order valence-electron chi connectivity index (χ1n) is 9.52. The van der Waals surface area contributed by atoms with Crippen molar-refractivity contribution in [2.75, 3.05) is 20.3 Å². The molecule has 2 amide bonds. The number of rotatable bonds is 8. The zero-order valence-electron chi connectivity index (χ0n) is 16.9. The summed E-state index contributed by atoms with van der Waals surface area (Å²) in [5.41, 5.74) is 3.12. The van der Waals surface area contributed by atoms with Gasteiger partial charge in [-0.3, -0.25) is 14.9 Å². The van der Waals surface area contributed by atoms with E-state index in [2.05, 4.69) is 52.6 Å². The Morgan fingerprint density at radius 1 is 1.52 bits per heavy atom. The largest absolute Gasteiger partial charge is 0.495 e. The highest BCUT2D eigenvalue weighted by molar-refractivity contribution is 9.12. The Labute approximate surface area is 195 Å². The number of carbonyl (C=O) groups is 2. The number of methoxy groups -OCH3 is 1. The fraction of sp³-hybridized carbons (Fsp3) is 0.556. The molecule has 0 bridgehead atoms. The number of aliphatic hydroxyl groups is 1. The van der Waals surface area contributed by atoms with Crippen molar-refractivity contribution < 1.29 is 29.0 Å². The predicted molar refractivity (Wildman–Crippen MR) is 118 cm³/mol. The summed E-state index contributed by atoms with van der Waals surface area (Å²) in [5.74, 6) is -0.420. The first-order chi connectivity index (χ1) is 14.7. The van der Waals surface area contributed by atoms with E-state index in [0.717, 1.165) is 0 Å². The Hall–Kier alpha value is -1.96. The summed E-state index contributed by atoms with van der Waals surface area (Å²) >= 11 is 6.69. The van der Waals surface area contributed by atoms with Crippen LogP contribution in [0.1, 0.15) is 26.2 Å². The molecule has 2 aliphatic heterocycles. The highest BCUT2D eigenvalue weighted by Crippen LogP contribution is 2.43. The summed E-state index contributed by atoms with van der Waals surface area (Å²) < 4.78 is 11.7. The summed E-state index contributed by atoms with van der Waals surface area (Å²) in [6.45, 7) is 2.29. The number of ether oxygens (including phenoxy) is 2. The van der Waals surface area contributed by atoms with Gasteiger partial charge in [0, 0.05) is 26.0 Å². The Morgan fingerprint density at radius 3 is 2.87 bits per heavy atom. The average Bonchev–Trinajstić information content (AvgIpc) is 3.26.